The van der Waals surface area contributed by atoms with E-state index in [1.54, 1.807) is 30.3 Å². The fourth-order valence-corrected chi connectivity index (χ4v) is 2.95. The molecule has 0 aliphatic heterocycles. The van der Waals surface area contributed by atoms with Crippen LogP contribution in [-0.2, 0) is 9.53 Å². The molecule has 0 spiro atoms. The first-order valence-corrected chi connectivity index (χ1v) is 10.0. The molecule has 0 unspecified atom stereocenters. The van der Waals surface area contributed by atoms with Crippen LogP contribution in [0.25, 0.3) is 0 Å². The third-order valence-corrected chi connectivity index (χ3v) is 4.51. The Labute approximate surface area is 181 Å². The smallest absolute Gasteiger partial charge is 0.412 e. The van der Waals surface area contributed by atoms with Crippen LogP contribution in [0, 0.1) is 5.92 Å². The van der Waals surface area contributed by atoms with Gasteiger partial charge in [0.15, 0.2) is 0 Å². The van der Waals surface area contributed by atoms with Gasteiger partial charge in [0.25, 0.3) is 5.91 Å². The SMILES string of the molecule is C[C@@H](CC/C=C/C(=O)NO)[C@H](OC(=O)Nc1ccccc1)c1ccc(OCCO)cc1. The molecule has 8 heteroatoms. The molecule has 0 aromatic heterocycles. The third kappa shape index (κ3) is 8.49. The normalized spacial score (nSPS) is 12.7. The van der Waals surface area contributed by atoms with Crippen LogP contribution in [0.3, 0.4) is 0 Å². The van der Waals surface area contributed by atoms with Gasteiger partial charge in [-0.05, 0) is 48.6 Å². The number of allylic oxidation sites excluding steroid dienone is 1. The Morgan fingerprint density at radius 3 is 2.45 bits per heavy atom. The lowest BCUT2D eigenvalue weighted by Crippen LogP contribution is -2.22. The average Bonchev–Trinajstić information content (AvgIpc) is 2.79. The number of hydrogen-bond donors (Lipinski definition) is 4. The second-order valence-electron chi connectivity index (χ2n) is 6.89. The molecular formula is C23H28N2O6. The highest BCUT2D eigenvalue weighted by molar-refractivity contribution is 5.86. The number of benzene rings is 2. The standard InChI is InChI=1S/C23H28N2O6/c1-17(7-5-6-10-21(27)25-29)22(18-11-13-20(14-12-18)30-16-15-26)31-23(28)24-19-8-3-2-4-9-19/h2-4,6,8-14,17,22,26,29H,5,7,15-16H2,1H3,(H,24,28)(H,25,27)/b10-6+/t17-,22-/m0/s1. The van der Waals surface area contributed by atoms with Crippen molar-refractivity contribution in [3.8, 4) is 5.75 Å². The summed E-state index contributed by atoms with van der Waals surface area (Å²) in [7, 11) is 0. The number of aliphatic hydroxyl groups excluding tert-OH is 1. The van der Waals surface area contributed by atoms with E-state index in [2.05, 4.69) is 5.32 Å². The van der Waals surface area contributed by atoms with E-state index in [9.17, 15) is 9.59 Å². The van der Waals surface area contributed by atoms with Crippen molar-refractivity contribution < 1.29 is 29.4 Å². The Bertz CT molecular complexity index is 839. The molecule has 166 valence electrons. The van der Waals surface area contributed by atoms with E-state index in [-0.39, 0.29) is 19.1 Å². The minimum absolute atomic E-state index is 0.0624. The summed E-state index contributed by atoms with van der Waals surface area (Å²) in [6, 6.07) is 16.2. The summed E-state index contributed by atoms with van der Waals surface area (Å²) in [6.07, 6.45) is 3.00. The van der Waals surface area contributed by atoms with Gasteiger partial charge in [0.05, 0.1) is 6.61 Å². The van der Waals surface area contributed by atoms with Gasteiger partial charge in [-0.2, -0.15) is 0 Å². The molecule has 0 fully saturated rings. The summed E-state index contributed by atoms with van der Waals surface area (Å²) in [4.78, 5) is 23.6. The Kier molecular flexibility index (Phi) is 10.1. The van der Waals surface area contributed by atoms with Crippen LogP contribution in [0.2, 0.25) is 0 Å². The first-order valence-electron chi connectivity index (χ1n) is 10.0. The number of rotatable bonds is 11. The van der Waals surface area contributed by atoms with Gasteiger partial charge in [-0.25, -0.2) is 10.3 Å². The molecule has 31 heavy (non-hydrogen) atoms. The molecule has 2 atom stereocenters. The van der Waals surface area contributed by atoms with Crippen molar-refractivity contribution in [1.82, 2.24) is 5.48 Å². The highest BCUT2D eigenvalue weighted by atomic mass is 16.6. The quantitative estimate of drug-likeness (QED) is 0.246. The summed E-state index contributed by atoms with van der Waals surface area (Å²) < 4.78 is 11.1. The molecule has 2 rings (SSSR count). The van der Waals surface area contributed by atoms with Gasteiger partial charge in [-0.1, -0.05) is 43.3 Å². The Balaban J connectivity index is 2.09. The monoisotopic (exact) mass is 428 g/mol. The number of aliphatic hydroxyl groups is 1. The second-order valence-corrected chi connectivity index (χ2v) is 6.89. The van der Waals surface area contributed by atoms with Gasteiger partial charge >= 0.3 is 6.09 Å². The van der Waals surface area contributed by atoms with Crippen molar-refractivity contribution >= 4 is 17.7 Å². The van der Waals surface area contributed by atoms with Gasteiger partial charge < -0.3 is 14.6 Å². The number of hydroxylamine groups is 1. The van der Waals surface area contributed by atoms with Crippen molar-refractivity contribution in [2.45, 2.75) is 25.9 Å². The zero-order valence-electron chi connectivity index (χ0n) is 17.4. The van der Waals surface area contributed by atoms with Crippen LogP contribution in [0.15, 0.2) is 66.7 Å². The lowest BCUT2D eigenvalue weighted by Gasteiger charge is -2.25. The first kappa shape index (κ1) is 23.9. The minimum Gasteiger partial charge on any atom is -0.491 e. The van der Waals surface area contributed by atoms with Crippen LogP contribution in [0.5, 0.6) is 5.75 Å². The fraction of sp³-hybridized carbons (Fsp3) is 0.304. The third-order valence-electron chi connectivity index (χ3n) is 4.51. The number of amides is 2. The molecular weight excluding hydrogens is 400 g/mol. The molecule has 8 nitrogen and oxygen atoms in total. The van der Waals surface area contributed by atoms with Gasteiger partial charge in [-0.3, -0.25) is 15.3 Å². The molecule has 0 bridgehead atoms. The van der Waals surface area contributed by atoms with Crippen LogP contribution < -0.4 is 15.5 Å². The minimum atomic E-state index is -0.596. The van der Waals surface area contributed by atoms with E-state index in [0.29, 0.717) is 24.3 Å². The number of ether oxygens (including phenoxy) is 2. The molecule has 0 saturated heterocycles. The highest BCUT2D eigenvalue weighted by Crippen LogP contribution is 2.31. The lowest BCUT2D eigenvalue weighted by atomic mass is 9.93. The van der Waals surface area contributed by atoms with Crippen LogP contribution in [-0.4, -0.2) is 35.5 Å². The number of carbonyl (C=O) groups is 2. The zero-order chi connectivity index (χ0) is 22.5. The average molecular weight is 428 g/mol. The summed E-state index contributed by atoms with van der Waals surface area (Å²) in [6.45, 7) is 2.07. The maximum Gasteiger partial charge on any atom is 0.412 e. The van der Waals surface area contributed by atoms with Crippen molar-refractivity contribution in [1.29, 1.82) is 0 Å². The van der Waals surface area contributed by atoms with E-state index < -0.39 is 18.1 Å². The summed E-state index contributed by atoms with van der Waals surface area (Å²) >= 11 is 0. The highest BCUT2D eigenvalue weighted by Gasteiger charge is 2.23. The van der Waals surface area contributed by atoms with Crippen LogP contribution in [0.4, 0.5) is 10.5 Å². The number of anilines is 1. The molecule has 0 heterocycles. The molecule has 0 aliphatic rings. The lowest BCUT2D eigenvalue weighted by molar-refractivity contribution is -0.124. The van der Waals surface area contributed by atoms with Gasteiger partial charge in [0.1, 0.15) is 18.5 Å². The van der Waals surface area contributed by atoms with E-state index >= 15 is 0 Å². The molecule has 2 aromatic carbocycles. The van der Waals surface area contributed by atoms with E-state index in [1.165, 1.54) is 11.6 Å². The van der Waals surface area contributed by atoms with Gasteiger partial charge in [0.2, 0.25) is 0 Å². The topological polar surface area (TPSA) is 117 Å². The molecule has 0 saturated carbocycles. The summed E-state index contributed by atoms with van der Waals surface area (Å²) in [5.41, 5.74) is 2.96. The molecule has 2 aromatic rings. The van der Waals surface area contributed by atoms with Gasteiger partial charge in [0, 0.05) is 11.8 Å². The first-order chi connectivity index (χ1) is 15.0. The van der Waals surface area contributed by atoms with E-state index in [0.717, 1.165) is 5.56 Å². The van der Waals surface area contributed by atoms with Crippen LogP contribution >= 0.6 is 0 Å². The maximum absolute atomic E-state index is 12.5. The number of nitrogens with one attached hydrogen (secondary N) is 2. The Morgan fingerprint density at radius 1 is 1.10 bits per heavy atom. The molecule has 2 amide bonds. The van der Waals surface area contributed by atoms with Crippen molar-refractivity contribution in [3.05, 3.63) is 72.3 Å². The number of para-hydroxylation sites is 1. The van der Waals surface area contributed by atoms with Crippen molar-refractivity contribution in [3.63, 3.8) is 0 Å². The summed E-state index contributed by atoms with van der Waals surface area (Å²) in [5, 5.41) is 20.1. The van der Waals surface area contributed by atoms with E-state index in [1.807, 2.05) is 37.3 Å². The fourth-order valence-electron chi connectivity index (χ4n) is 2.95. The molecule has 0 radical (unpaired) electrons. The predicted molar refractivity (Wildman–Crippen MR) is 116 cm³/mol. The maximum atomic E-state index is 12.5. The zero-order valence-corrected chi connectivity index (χ0v) is 17.4. The van der Waals surface area contributed by atoms with Gasteiger partial charge in [-0.15, -0.1) is 0 Å². The Morgan fingerprint density at radius 2 is 1.81 bits per heavy atom. The van der Waals surface area contributed by atoms with E-state index in [4.69, 9.17) is 19.8 Å². The molecule has 4 N–H and O–H groups in total. The second kappa shape index (κ2) is 13.0. The van der Waals surface area contributed by atoms with Crippen molar-refractivity contribution in [2.75, 3.05) is 18.5 Å². The predicted octanol–water partition coefficient (Wildman–Crippen LogP) is 3.83. The van der Waals surface area contributed by atoms with Crippen LogP contribution in [0.1, 0.15) is 31.4 Å². The largest absolute Gasteiger partial charge is 0.491 e. The van der Waals surface area contributed by atoms with Crippen molar-refractivity contribution in [2.24, 2.45) is 5.92 Å². The number of hydrogen-bond acceptors (Lipinski definition) is 6. The summed E-state index contributed by atoms with van der Waals surface area (Å²) in [5.74, 6) is -0.0513. The number of carbonyl (C=O) groups excluding carboxylic acids is 2. The Hall–Kier alpha value is -3.36. The molecule has 0 aliphatic carbocycles.